The number of nitrogens with zero attached hydrogens (tertiary/aromatic N) is 3. The van der Waals surface area contributed by atoms with E-state index in [-0.39, 0.29) is 24.0 Å². The Morgan fingerprint density at radius 2 is 1.84 bits per heavy atom. The first-order chi connectivity index (χ1) is 11.9. The lowest BCUT2D eigenvalue weighted by Gasteiger charge is -2.31. The van der Waals surface area contributed by atoms with Crippen LogP contribution in [0, 0.1) is 0 Å². The van der Waals surface area contributed by atoms with Crippen molar-refractivity contribution < 1.29 is 0 Å². The third kappa shape index (κ3) is 6.13. The molecule has 1 fully saturated rings. The van der Waals surface area contributed by atoms with Crippen LogP contribution in [0.15, 0.2) is 29.3 Å². The van der Waals surface area contributed by atoms with E-state index in [1.807, 2.05) is 0 Å². The summed E-state index contributed by atoms with van der Waals surface area (Å²) in [6.07, 6.45) is 6.36. The molecule has 1 aromatic carbocycles. The number of halogens is 1. The molecule has 2 heterocycles. The van der Waals surface area contributed by atoms with Crippen molar-refractivity contribution in [3.05, 3.63) is 35.4 Å². The van der Waals surface area contributed by atoms with E-state index in [0.29, 0.717) is 0 Å². The van der Waals surface area contributed by atoms with Gasteiger partial charge in [0.2, 0.25) is 0 Å². The second kappa shape index (κ2) is 11.0. The Morgan fingerprint density at radius 1 is 1.08 bits per heavy atom. The molecule has 0 spiro atoms. The number of aliphatic imine (C=N–C) groups is 1. The molecule has 25 heavy (non-hydrogen) atoms. The van der Waals surface area contributed by atoms with Gasteiger partial charge in [-0.15, -0.1) is 24.0 Å². The van der Waals surface area contributed by atoms with Crippen LogP contribution in [0.3, 0.4) is 0 Å². The highest BCUT2D eigenvalue weighted by atomic mass is 127. The van der Waals surface area contributed by atoms with Crippen molar-refractivity contribution in [1.82, 2.24) is 15.1 Å². The molecule has 2 aliphatic rings. The minimum atomic E-state index is 0. The second-order valence-corrected chi connectivity index (χ2v) is 6.93. The van der Waals surface area contributed by atoms with E-state index >= 15 is 0 Å². The summed E-state index contributed by atoms with van der Waals surface area (Å²) in [4.78, 5) is 9.89. The van der Waals surface area contributed by atoms with E-state index in [4.69, 9.17) is 4.99 Å². The minimum absolute atomic E-state index is 0. The lowest BCUT2D eigenvalue weighted by molar-refractivity contribution is 0.330. The summed E-state index contributed by atoms with van der Waals surface area (Å²) in [5, 5.41) is 3.48. The SMILES string of the molecule is CCNC(=NCCCCN1CCCC1)N1CCc2ccccc2C1.I. The van der Waals surface area contributed by atoms with Crippen LogP contribution in [0.25, 0.3) is 0 Å². The molecule has 5 heteroatoms. The molecule has 0 amide bonds. The number of fused-ring (bicyclic) bond motifs is 1. The molecule has 140 valence electrons. The highest BCUT2D eigenvalue weighted by molar-refractivity contribution is 14.0. The van der Waals surface area contributed by atoms with Crippen molar-refractivity contribution in [2.24, 2.45) is 4.99 Å². The van der Waals surface area contributed by atoms with E-state index in [1.165, 1.54) is 56.4 Å². The lowest BCUT2D eigenvalue weighted by atomic mass is 10.0. The molecule has 0 radical (unpaired) electrons. The first kappa shape index (κ1) is 20.5. The summed E-state index contributed by atoms with van der Waals surface area (Å²) >= 11 is 0. The topological polar surface area (TPSA) is 30.9 Å². The highest BCUT2D eigenvalue weighted by Gasteiger charge is 2.18. The van der Waals surface area contributed by atoms with Crippen molar-refractivity contribution in [3.63, 3.8) is 0 Å². The van der Waals surface area contributed by atoms with Gasteiger partial charge in [0, 0.05) is 26.2 Å². The molecular weight excluding hydrogens is 423 g/mol. The molecule has 0 atom stereocenters. The Bertz CT molecular complexity index is 540. The predicted molar refractivity (Wildman–Crippen MR) is 117 cm³/mol. The Hall–Kier alpha value is -0.820. The van der Waals surface area contributed by atoms with Gasteiger partial charge in [-0.3, -0.25) is 4.99 Å². The van der Waals surface area contributed by atoms with Gasteiger partial charge in [-0.1, -0.05) is 24.3 Å². The maximum absolute atomic E-state index is 4.89. The summed E-state index contributed by atoms with van der Waals surface area (Å²) in [7, 11) is 0. The van der Waals surface area contributed by atoms with Crippen LogP contribution in [0.5, 0.6) is 0 Å². The zero-order valence-electron chi connectivity index (χ0n) is 15.5. The van der Waals surface area contributed by atoms with Crippen molar-refractivity contribution in [3.8, 4) is 0 Å². The summed E-state index contributed by atoms with van der Waals surface area (Å²) < 4.78 is 0. The summed E-state index contributed by atoms with van der Waals surface area (Å²) in [5.74, 6) is 1.09. The summed E-state index contributed by atoms with van der Waals surface area (Å²) in [5.41, 5.74) is 2.94. The van der Waals surface area contributed by atoms with Gasteiger partial charge in [-0.25, -0.2) is 0 Å². The molecule has 1 saturated heterocycles. The third-order valence-electron chi connectivity index (χ3n) is 5.11. The van der Waals surface area contributed by atoms with Crippen LogP contribution in [0.2, 0.25) is 0 Å². The molecule has 4 nitrogen and oxygen atoms in total. The molecule has 0 aromatic heterocycles. The molecule has 2 aliphatic heterocycles. The zero-order chi connectivity index (χ0) is 16.6. The molecule has 1 N–H and O–H groups in total. The Morgan fingerprint density at radius 3 is 2.60 bits per heavy atom. The summed E-state index contributed by atoms with van der Waals surface area (Å²) in [6.45, 7) is 9.94. The van der Waals surface area contributed by atoms with Gasteiger partial charge in [-0.2, -0.15) is 0 Å². The zero-order valence-corrected chi connectivity index (χ0v) is 17.9. The Kier molecular flexibility index (Phi) is 9.03. The normalized spacial score (nSPS) is 18.0. The second-order valence-electron chi connectivity index (χ2n) is 6.93. The summed E-state index contributed by atoms with van der Waals surface area (Å²) in [6, 6.07) is 8.80. The van der Waals surface area contributed by atoms with E-state index in [2.05, 4.69) is 46.3 Å². The smallest absolute Gasteiger partial charge is 0.194 e. The van der Waals surface area contributed by atoms with Gasteiger partial charge in [-0.05, 0) is 69.8 Å². The Labute approximate surface area is 170 Å². The lowest BCUT2D eigenvalue weighted by Crippen LogP contribution is -2.44. The molecule has 0 bridgehead atoms. The van der Waals surface area contributed by atoms with Gasteiger partial charge in [0.15, 0.2) is 5.96 Å². The van der Waals surface area contributed by atoms with Crippen LogP contribution in [-0.2, 0) is 13.0 Å². The van der Waals surface area contributed by atoms with Gasteiger partial charge >= 0.3 is 0 Å². The number of benzene rings is 1. The predicted octanol–water partition coefficient (Wildman–Crippen LogP) is 3.50. The number of hydrogen-bond donors (Lipinski definition) is 1. The van der Waals surface area contributed by atoms with Crippen molar-refractivity contribution >= 4 is 29.9 Å². The van der Waals surface area contributed by atoms with Crippen LogP contribution in [-0.4, -0.2) is 55.0 Å². The van der Waals surface area contributed by atoms with E-state index < -0.39 is 0 Å². The van der Waals surface area contributed by atoms with E-state index in [0.717, 1.165) is 38.6 Å². The Balaban J connectivity index is 0.00000225. The monoisotopic (exact) mass is 456 g/mol. The number of rotatable bonds is 6. The third-order valence-corrected chi connectivity index (χ3v) is 5.11. The molecule has 1 aromatic rings. The number of unbranched alkanes of at least 4 members (excludes halogenated alkanes) is 1. The fourth-order valence-corrected chi connectivity index (χ4v) is 3.74. The van der Waals surface area contributed by atoms with Gasteiger partial charge in [0.05, 0.1) is 0 Å². The van der Waals surface area contributed by atoms with E-state index in [9.17, 15) is 0 Å². The van der Waals surface area contributed by atoms with Crippen molar-refractivity contribution in [2.75, 3.05) is 39.3 Å². The van der Waals surface area contributed by atoms with Gasteiger partial charge < -0.3 is 15.1 Å². The fourth-order valence-electron chi connectivity index (χ4n) is 3.74. The van der Waals surface area contributed by atoms with E-state index in [1.54, 1.807) is 0 Å². The highest BCUT2D eigenvalue weighted by Crippen LogP contribution is 2.18. The fraction of sp³-hybridized carbons (Fsp3) is 0.650. The number of nitrogens with one attached hydrogen (secondary N) is 1. The quantitative estimate of drug-likeness (QED) is 0.308. The van der Waals surface area contributed by atoms with Crippen LogP contribution in [0.4, 0.5) is 0 Å². The van der Waals surface area contributed by atoms with Crippen LogP contribution >= 0.6 is 24.0 Å². The maximum Gasteiger partial charge on any atom is 0.194 e. The van der Waals surface area contributed by atoms with Crippen LogP contribution in [0.1, 0.15) is 43.7 Å². The first-order valence-corrected chi connectivity index (χ1v) is 9.69. The first-order valence-electron chi connectivity index (χ1n) is 9.69. The molecule has 0 saturated carbocycles. The van der Waals surface area contributed by atoms with Crippen molar-refractivity contribution in [1.29, 1.82) is 0 Å². The maximum atomic E-state index is 4.89. The molecule has 3 rings (SSSR count). The van der Waals surface area contributed by atoms with Gasteiger partial charge in [0.1, 0.15) is 0 Å². The number of likely N-dealkylation sites (tertiary alicyclic amines) is 1. The average Bonchev–Trinajstić information content (AvgIpc) is 3.13. The van der Waals surface area contributed by atoms with Crippen molar-refractivity contribution in [2.45, 2.75) is 45.6 Å². The van der Waals surface area contributed by atoms with Crippen LogP contribution < -0.4 is 5.32 Å². The molecule has 0 aliphatic carbocycles. The number of guanidine groups is 1. The average molecular weight is 456 g/mol. The van der Waals surface area contributed by atoms with Gasteiger partial charge in [0.25, 0.3) is 0 Å². The minimum Gasteiger partial charge on any atom is -0.357 e. The largest absolute Gasteiger partial charge is 0.357 e. The standard InChI is InChI=1S/C20H32N4.HI/c1-2-21-20(22-12-5-6-13-23-14-7-8-15-23)24-16-11-18-9-3-4-10-19(18)17-24;/h3-4,9-10H,2,5-8,11-17H2,1H3,(H,21,22);1H. The molecule has 0 unspecified atom stereocenters. The molecular formula is C20H33IN4. The number of hydrogen-bond acceptors (Lipinski definition) is 2.